The predicted octanol–water partition coefficient (Wildman–Crippen LogP) is 4.33. The zero-order valence-corrected chi connectivity index (χ0v) is 15.4. The lowest BCUT2D eigenvalue weighted by Gasteiger charge is -2.40. The van der Waals surface area contributed by atoms with Crippen molar-refractivity contribution in [2.75, 3.05) is 18.4 Å². The fraction of sp³-hybridized carbons (Fsp3) is 0.667. The van der Waals surface area contributed by atoms with E-state index in [1.807, 2.05) is 37.8 Å². The summed E-state index contributed by atoms with van der Waals surface area (Å²) in [6, 6.07) is 3.80. The first-order chi connectivity index (χ1) is 11.3. The van der Waals surface area contributed by atoms with Gasteiger partial charge in [0.15, 0.2) is 0 Å². The van der Waals surface area contributed by atoms with E-state index >= 15 is 0 Å². The molecule has 24 heavy (non-hydrogen) atoms. The Kier molecular flexibility index (Phi) is 4.65. The molecule has 1 amide bonds. The van der Waals surface area contributed by atoms with E-state index in [2.05, 4.69) is 10.3 Å². The normalized spacial score (nSPS) is 22.3. The van der Waals surface area contributed by atoms with E-state index < -0.39 is 5.60 Å². The van der Waals surface area contributed by atoms with Gasteiger partial charge in [0.1, 0.15) is 11.4 Å². The standard InChI is InChI=1S/C18H26ClN3O2/c1-17(2,3)24-16(23)22-9-8-18(6-7-18)10-14(22)12-21-15-5-4-13(19)11-20-15/h4-5,11,14H,6-10,12H2,1-3H3,(H,20,21). The lowest BCUT2D eigenvalue weighted by atomic mass is 9.88. The number of carbonyl (C=O) groups excluding carboxylic acids is 1. The summed E-state index contributed by atoms with van der Waals surface area (Å²) in [7, 11) is 0. The third-order valence-electron chi connectivity index (χ3n) is 4.82. The molecule has 6 heteroatoms. The second-order valence-electron chi connectivity index (χ2n) is 8.02. The number of aromatic nitrogens is 1. The van der Waals surface area contributed by atoms with Crippen molar-refractivity contribution in [3.8, 4) is 0 Å². The summed E-state index contributed by atoms with van der Waals surface area (Å²) in [6.07, 6.45) is 6.09. The smallest absolute Gasteiger partial charge is 0.410 e. The lowest BCUT2D eigenvalue weighted by molar-refractivity contribution is 0.00462. The molecular weight excluding hydrogens is 326 g/mol. The van der Waals surface area contributed by atoms with Crippen LogP contribution in [0.1, 0.15) is 46.5 Å². The van der Waals surface area contributed by atoms with Gasteiger partial charge in [-0.3, -0.25) is 0 Å². The summed E-state index contributed by atoms with van der Waals surface area (Å²) >= 11 is 5.87. The highest BCUT2D eigenvalue weighted by molar-refractivity contribution is 6.30. The summed E-state index contributed by atoms with van der Waals surface area (Å²) < 4.78 is 5.59. The van der Waals surface area contributed by atoms with Crippen molar-refractivity contribution in [3.63, 3.8) is 0 Å². The number of halogens is 1. The molecule has 1 aromatic rings. The minimum absolute atomic E-state index is 0.133. The average Bonchev–Trinajstić information content (AvgIpc) is 3.24. The molecule has 3 rings (SSSR count). The summed E-state index contributed by atoms with van der Waals surface area (Å²) in [6.45, 7) is 7.16. The fourth-order valence-electron chi connectivity index (χ4n) is 3.33. The lowest BCUT2D eigenvalue weighted by Crippen LogP contribution is -2.51. The van der Waals surface area contributed by atoms with Crippen molar-refractivity contribution < 1.29 is 9.53 Å². The highest BCUT2D eigenvalue weighted by Gasteiger charge is 2.49. The molecule has 0 radical (unpaired) electrons. The quantitative estimate of drug-likeness (QED) is 0.880. The first-order valence-electron chi connectivity index (χ1n) is 8.61. The number of piperidine rings is 1. The van der Waals surface area contributed by atoms with Crippen molar-refractivity contribution in [1.82, 2.24) is 9.88 Å². The highest BCUT2D eigenvalue weighted by Crippen LogP contribution is 2.55. The Balaban J connectivity index is 1.65. The third kappa shape index (κ3) is 4.32. The third-order valence-corrected chi connectivity index (χ3v) is 5.05. The molecule has 132 valence electrons. The number of nitrogens with one attached hydrogen (secondary N) is 1. The second kappa shape index (κ2) is 6.43. The van der Waals surface area contributed by atoms with E-state index in [4.69, 9.17) is 16.3 Å². The first-order valence-corrected chi connectivity index (χ1v) is 8.99. The summed E-state index contributed by atoms with van der Waals surface area (Å²) in [5.41, 5.74) is -0.0141. The topological polar surface area (TPSA) is 54.5 Å². The van der Waals surface area contributed by atoms with Crippen molar-refractivity contribution in [2.24, 2.45) is 5.41 Å². The van der Waals surface area contributed by atoms with Gasteiger partial charge in [-0.1, -0.05) is 11.6 Å². The van der Waals surface area contributed by atoms with Crippen LogP contribution in [0.3, 0.4) is 0 Å². The Hall–Kier alpha value is -1.49. The van der Waals surface area contributed by atoms with Gasteiger partial charge in [-0.25, -0.2) is 9.78 Å². The maximum Gasteiger partial charge on any atom is 0.410 e. The number of rotatable bonds is 3. The van der Waals surface area contributed by atoms with Crippen LogP contribution in [0.4, 0.5) is 10.6 Å². The van der Waals surface area contributed by atoms with Gasteiger partial charge < -0.3 is 15.0 Å². The van der Waals surface area contributed by atoms with Crippen LogP contribution in [0.25, 0.3) is 0 Å². The first kappa shape index (κ1) is 17.3. The van der Waals surface area contributed by atoms with Gasteiger partial charge >= 0.3 is 6.09 Å². The van der Waals surface area contributed by atoms with Crippen LogP contribution < -0.4 is 5.32 Å². The SMILES string of the molecule is CC(C)(C)OC(=O)N1CCC2(CC2)CC1CNc1ccc(Cl)cn1. The summed E-state index contributed by atoms with van der Waals surface area (Å²) in [4.78, 5) is 18.7. The monoisotopic (exact) mass is 351 g/mol. The van der Waals surface area contributed by atoms with Crippen LogP contribution in [0, 0.1) is 5.41 Å². The molecule has 2 aliphatic rings. The number of hydrogen-bond donors (Lipinski definition) is 1. The molecule has 0 aromatic carbocycles. The van der Waals surface area contributed by atoms with Crippen LogP contribution in [-0.2, 0) is 4.74 Å². The maximum absolute atomic E-state index is 12.6. The van der Waals surface area contributed by atoms with Crippen LogP contribution in [0.15, 0.2) is 18.3 Å². The van der Waals surface area contributed by atoms with Gasteiger partial charge in [0.25, 0.3) is 0 Å². The van der Waals surface area contributed by atoms with Crippen LogP contribution >= 0.6 is 11.6 Å². The molecule has 5 nitrogen and oxygen atoms in total. The van der Waals surface area contributed by atoms with Crippen LogP contribution in [0.5, 0.6) is 0 Å². The van der Waals surface area contributed by atoms with E-state index in [0.717, 1.165) is 25.2 Å². The Morgan fingerprint density at radius 2 is 2.17 bits per heavy atom. The minimum Gasteiger partial charge on any atom is -0.444 e. The largest absolute Gasteiger partial charge is 0.444 e. The average molecular weight is 352 g/mol. The Morgan fingerprint density at radius 1 is 1.42 bits per heavy atom. The van der Waals surface area contributed by atoms with Crippen molar-refractivity contribution in [1.29, 1.82) is 0 Å². The Morgan fingerprint density at radius 3 is 2.75 bits per heavy atom. The molecule has 1 atom stereocenters. The summed E-state index contributed by atoms with van der Waals surface area (Å²) in [5, 5.41) is 3.95. The number of ether oxygens (including phenoxy) is 1. The van der Waals surface area contributed by atoms with Crippen LogP contribution in [-0.4, -0.2) is 40.7 Å². The Bertz CT molecular complexity index is 593. The van der Waals surface area contributed by atoms with Crippen molar-refractivity contribution in [2.45, 2.75) is 58.1 Å². The molecule has 1 aliphatic heterocycles. The Labute approximate surface area is 148 Å². The number of hydrogen-bond acceptors (Lipinski definition) is 4. The molecule has 1 aromatic heterocycles. The molecule has 1 spiro atoms. The van der Waals surface area contributed by atoms with E-state index in [1.165, 1.54) is 12.8 Å². The van der Waals surface area contributed by atoms with Gasteiger partial charge in [0.2, 0.25) is 0 Å². The van der Waals surface area contributed by atoms with Crippen molar-refractivity contribution in [3.05, 3.63) is 23.4 Å². The number of nitrogens with zero attached hydrogens (tertiary/aromatic N) is 2. The zero-order chi connectivity index (χ0) is 17.4. The molecule has 1 aliphatic carbocycles. The molecule has 2 heterocycles. The van der Waals surface area contributed by atoms with Gasteiger partial charge in [0.05, 0.1) is 11.1 Å². The molecule has 1 unspecified atom stereocenters. The fourth-order valence-corrected chi connectivity index (χ4v) is 3.44. The van der Waals surface area contributed by atoms with Gasteiger partial charge in [0, 0.05) is 19.3 Å². The number of carbonyl (C=O) groups is 1. The molecule has 1 saturated carbocycles. The van der Waals surface area contributed by atoms with E-state index in [1.54, 1.807) is 6.20 Å². The molecule has 2 fully saturated rings. The van der Waals surface area contributed by atoms with Crippen LogP contribution in [0.2, 0.25) is 5.02 Å². The van der Waals surface area contributed by atoms with E-state index in [9.17, 15) is 4.79 Å². The zero-order valence-electron chi connectivity index (χ0n) is 14.6. The number of amides is 1. The van der Waals surface area contributed by atoms with Crippen molar-refractivity contribution >= 4 is 23.5 Å². The highest BCUT2D eigenvalue weighted by atomic mass is 35.5. The molecular formula is C18H26ClN3O2. The number of anilines is 1. The number of likely N-dealkylation sites (tertiary alicyclic amines) is 1. The number of pyridine rings is 1. The van der Waals surface area contributed by atoms with Gasteiger partial charge in [-0.05, 0) is 64.0 Å². The van der Waals surface area contributed by atoms with Gasteiger partial charge in [-0.15, -0.1) is 0 Å². The minimum atomic E-state index is -0.471. The molecule has 0 bridgehead atoms. The van der Waals surface area contributed by atoms with E-state index in [-0.39, 0.29) is 12.1 Å². The van der Waals surface area contributed by atoms with Gasteiger partial charge in [-0.2, -0.15) is 0 Å². The summed E-state index contributed by atoms with van der Waals surface area (Å²) in [5.74, 6) is 0.777. The molecule has 1 N–H and O–H groups in total. The second-order valence-corrected chi connectivity index (χ2v) is 8.46. The van der Waals surface area contributed by atoms with E-state index in [0.29, 0.717) is 17.0 Å². The predicted molar refractivity (Wildman–Crippen MR) is 95.4 cm³/mol. The maximum atomic E-state index is 12.6. The molecule has 1 saturated heterocycles.